The molecular formula is C17H21NO2. The number of rotatable bonds is 5. The van der Waals surface area contributed by atoms with Gasteiger partial charge >= 0.3 is 0 Å². The highest BCUT2D eigenvalue weighted by molar-refractivity contribution is 5.84. The molecule has 20 heavy (non-hydrogen) atoms. The van der Waals surface area contributed by atoms with E-state index in [1.54, 1.807) is 4.90 Å². The van der Waals surface area contributed by atoms with Crippen LogP contribution in [0.25, 0.3) is 10.8 Å². The number of nitrogens with zero attached hydrogens (tertiary/aromatic N) is 1. The molecule has 0 aliphatic rings. The Morgan fingerprint density at radius 3 is 2.55 bits per heavy atom. The van der Waals surface area contributed by atoms with E-state index in [9.17, 15) is 4.79 Å². The third-order valence-corrected chi connectivity index (χ3v) is 3.15. The number of hydrogen-bond acceptors (Lipinski definition) is 2. The number of carbonyl (C=O) groups is 1. The molecule has 0 radical (unpaired) electrons. The number of hydrogen-bond donors (Lipinski definition) is 0. The van der Waals surface area contributed by atoms with E-state index < -0.39 is 0 Å². The summed E-state index contributed by atoms with van der Waals surface area (Å²) in [5.41, 5.74) is 0. The molecule has 0 bridgehead atoms. The normalized spacial score (nSPS) is 10.8. The lowest BCUT2D eigenvalue weighted by molar-refractivity contribution is -0.132. The van der Waals surface area contributed by atoms with E-state index in [0.717, 1.165) is 17.7 Å². The van der Waals surface area contributed by atoms with Gasteiger partial charge in [-0.25, -0.2) is 0 Å². The lowest BCUT2D eigenvalue weighted by Gasteiger charge is -2.19. The average Bonchev–Trinajstić information content (AvgIpc) is 2.43. The minimum atomic E-state index is 0.00635. The zero-order valence-corrected chi connectivity index (χ0v) is 12.3. The third kappa shape index (κ3) is 3.73. The summed E-state index contributed by atoms with van der Waals surface area (Å²) in [5.74, 6) is 1.20. The van der Waals surface area contributed by atoms with Crippen LogP contribution in [0.5, 0.6) is 5.75 Å². The van der Waals surface area contributed by atoms with Crippen LogP contribution in [0.2, 0.25) is 0 Å². The van der Waals surface area contributed by atoms with Crippen molar-refractivity contribution in [2.45, 2.75) is 13.8 Å². The van der Waals surface area contributed by atoms with Crippen molar-refractivity contribution in [2.75, 3.05) is 20.2 Å². The summed E-state index contributed by atoms with van der Waals surface area (Å²) in [6.07, 6.45) is 0. The van der Waals surface area contributed by atoms with Crippen molar-refractivity contribution in [2.24, 2.45) is 5.92 Å². The van der Waals surface area contributed by atoms with Gasteiger partial charge in [0.1, 0.15) is 5.75 Å². The summed E-state index contributed by atoms with van der Waals surface area (Å²) < 4.78 is 5.59. The largest absolute Gasteiger partial charge is 0.484 e. The van der Waals surface area contributed by atoms with Crippen LogP contribution >= 0.6 is 0 Å². The molecule has 0 saturated heterocycles. The Hall–Kier alpha value is -2.03. The number of benzene rings is 2. The number of ether oxygens (including phenoxy) is 1. The molecule has 3 nitrogen and oxygen atoms in total. The molecule has 0 spiro atoms. The molecule has 106 valence electrons. The van der Waals surface area contributed by atoms with Crippen LogP contribution in [-0.2, 0) is 4.79 Å². The van der Waals surface area contributed by atoms with Gasteiger partial charge < -0.3 is 9.64 Å². The topological polar surface area (TPSA) is 29.5 Å². The molecule has 1 amide bonds. The number of fused-ring (bicyclic) bond motifs is 1. The van der Waals surface area contributed by atoms with Gasteiger partial charge in [-0.1, -0.05) is 44.2 Å². The smallest absolute Gasteiger partial charge is 0.260 e. The fraction of sp³-hybridized carbons (Fsp3) is 0.353. The fourth-order valence-electron chi connectivity index (χ4n) is 2.16. The predicted octanol–water partition coefficient (Wildman–Crippen LogP) is 3.33. The Morgan fingerprint density at radius 1 is 1.15 bits per heavy atom. The summed E-state index contributed by atoms with van der Waals surface area (Å²) >= 11 is 0. The molecule has 0 saturated carbocycles. The van der Waals surface area contributed by atoms with Crippen LogP contribution in [0, 0.1) is 5.92 Å². The number of carbonyl (C=O) groups excluding carboxylic acids is 1. The minimum Gasteiger partial charge on any atom is -0.484 e. The maximum absolute atomic E-state index is 11.9. The van der Waals surface area contributed by atoms with Gasteiger partial charge in [0, 0.05) is 13.6 Å². The first-order chi connectivity index (χ1) is 9.56. The van der Waals surface area contributed by atoms with Gasteiger partial charge in [-0.05, 0) is 28.8 Å². The van der Waals surface area contributed by atoms with Crippen LogP contribution in [0.15, 0.2) is 42.5 Å². The van der Waals surface area contributed by atoms with Gasteiger partial charge in [0.15, 0.2) is 6.61 Å². The summed E-state index contributed by atoms with van der Waals surface area (Å²) in [4.78, 5) is 13.6. The van der Waals surface area contributed by atoms with Crippen molar-refractivity contribution in [3.8, 4) is 5.75 Å². The summed E-state index contributed by atoms with van der Waals surface area (Å²) in [5, 5.41) is 2.29. The van der Waals surface area contributed by atoms with Crippen molar-refractivity contribution in [3.63, 3.8) is 0 Å². The van der Waals surface area contributed by atoms with Gasteiger partial charge in [0.05, 0.1) is 0 Å². The molecule has 2 rings (SSSR count). The molecule has 0 aromatic heterocycles. The van der Waals surface area contributed by atoms with Gasteiger partial charge in [0.25, 0.3) is 5.91 Å². The second-order valence-electron chi connectivity index (χ2n) is 5.47. The molecular weight excluding hydrogens is 250 g/mol. The van der Waals surface area contributed by atoms with Crippen molar-refractivity contribution in [3.05, 3.63) is 42.5 Å². The molecule has 0 atom stereocenters. The van der Waals surface area contributed by atoms with E-state index in [4.69, 9.17) is 4.74 Å². The molecule has 3 heteroatoms. The summed E-state index contributed by atoms with van der Waals surface area (Å²) in [7, 11) is 1.81. The Balaban J connectivity index is 1.97. The molecule has 0 aliphatic carbocycles. The quantitative estimate of drug-likeness (QED) is 0.834. The van der Waals surface area contributed by atoms with Gasteiger partial charge in [-0.15, -0.1) is 0 Å². The Kier molecular flexibility index (Phi) is 4.61. The van der Waals surface area contributed by atoms with E-state index in [1.807, 2.05) is 43.4 Å². The number of likely N-dealkylation sites (N-methyl/N-ethyl adjacent to an activating group) is 1. The standard InChI is InChI=1S/C17H21NO2/c1-13(2)11-18(3)17(19)12-20-16-9-8-14-6-4-5-7-15(14)10-16/h4-10,13H,11-12H2,1-3H3. The van der Waals surface area contributed by atoms with Crippen LogP contribution in [-0.4, -0.2) is 31.0 Å². The summed E-state index contributed by atoms with van der Waals surface area (Å²) in [6, 6.07) is 14.0. The molecule has 2 aromatic rings. The van der Waals surface area contributed by atoms with E-state index in [1.165, 1.54) is 5.39 Å². The lowest BCUT2D eigenvalue weighted by Crippen LogP contribution is -2.34. The molecule has 0 heterocycles. The number of amides is 1. The average molecular weight is 271 g/mol. The van der Waals surface area contributed by atoms with E-state index in [-0.39, 0.29) is 12.5 Å². The van der Waals surface area contributed by atoms with Crippen LogP contribution in [0.4, 0.5) is 0 Å². The minimum absolute atomic E-state index is 0.00635. The SMILES string of the molecule is CC(C)CN(C)C(=O)COc1ccc2ccccc2c1. The van der Waals surface area contributed by atoms with Crippen LogP contribution < -0.4 is 4.74 Å². The highest BCUT2D eigenvalue weighted by atomic mass is 16.5. The van der Waals surface area contributed by atoms with Crippen molar-refractivity contribution >= 4 is 16.7 Å². The molecule has 0 fully saturated rings. The van der Waals surface area contributed by atoms with E-state index >= 15 is 0 Å². The molecule has 0 N–H and O–H groups in total. The van der Waals surface area contributed by atoms with Crippen LogP contribution in [0.3, 0.4) is 0 Å². The highest BCUT2D eigenvalue weighted by Crippen LogP contribution is 2.20. The lowest BCUT2D eigenvalue weighted by atomic mass is 10.1. The third-order valence-electron chi connectivity index (χ3n) is 3.15. The predicted molar refractivity (Wildman–Crippen MR) is 81.9 cm³/mol. The first kappa shape index (κ1) is 14.4. The second kappa shape index (κ2) is 6.42. The Bertz CT molecular complexity index is 592. The Morgan fingerprint density at radius 2 is 1.85 bits per heavy atom. The van der Waals surface area contributed by atoms with Gasteiger partial charge in [0.2, 0.25) is 0 Å². The zero-order chi connectivity index (χ0) is 14.5. The first-order valence-corrected chi connectivity index (χ1v) is 6.92. The maximum atomic E-state index is 11.9. The Labute approximate surface area is 120 Å². The first-order valence-electron chi connectivity index (χ1n) is 6.92. The van der Waals surface area contributed by atoms with Crippen molar-refractivity contribution in [1.29, 1.82) is 0 Å². The van der Waals surface area contributed by atoms with Crippen LogP contribution in [0.1, 0.15) is 13.8 Å². The zero-order valence-electron chi connectivity index (χ0n) is 12.3. The van der Waals surface area contributed by atoms with Crippen molar-refractivity contribution < 1.29 is 9.53 Å². The second-order valence-corrected chi connectivity index (χ2v) is 5.47. The van der Waals surface area contributed by atoms with E-state index in [0.29, 0.717) is 5.92 Å². The molecule has 0 aliphatic heterocycles. The fourth-order valence-corrected chi connectivity index (χ4v) is 2.16. The van der Waals surface area contributed by atoms with E-state index in [2.05, 4.69) is 19.9 Å². The van der Waals surface area contributed by atoms with Gasteiger partial charge in [-0.3, -0.25) is 4.79 Å². The highest BCUT2D eigenvalue weighted by Gasteiger charge is 2.10. The summed E-state index contributed by atoms with van der Waals surface area (Å²) in [6.45, 7) is 5.02. The van der Waals surface area contributed by atoms with Gasteiger partial charge in [-0.2, -0.15) is 0 Å². The maximum Gasteiger partial charge on any atom is 0.260 e. The monoisotopic (exact) mass is 271 g/mol. The molecule has 0 unspecified atom stereocenters. The van der Waals surface area contributed by atoms with Crippen molar-refractivity contribution in [1.82, 2.24) is 4.90 Å². The molecule has 2 aromatic carbocycles.